The lowest BCUT2D eigenvalue weighted by molar-refractivity contribution is 0.0733. The highest BCUT2D eigenvalue weighted by Gasteiger charge is 2.26. The van der Waals surface area contributed by atoms with E-state index in [1.165, 1.54) is 0 Å². The van der Waals surface area contributed by atoms with Crippen LogP contribution in [-0.4, -0.2) is 34.4 Å². The van der Waals surface area contributed by atoms with Gasteiger partial charge in [0.2, 0.25) is 0 Å². The van der Waals surface area contributed by atoms with Gasteiger partial charge in [0.25, 0.3) is 5.91 Å². The second-order valence-corrected chi connectivity index (χ2v) is 7.76. The SMILES string of the molecule is COc1ccc(-c2nc3c(c(-c4ccccc4)n2)CN(C(=O)c2ccccc2)CC3)cc1. The fraction of sp³-hybridized carbons (Fsp3) is 0.148. The zero-order chi connectivity index (χ0) is 21.9. The Labute approximate surface area is 187 Å². The Morgan fingerprint density at radius 1 is 0.844 bits per heavy atom. The Balaban J connectivity index is 1.57. The van der Waals surface area contributed by atoms with E-state index in [1.807, 2.05) is 77.7 Å². The molecule has 0 atom stereocenters. The summed E-state index contributed by atoms with van der Waals surface area (Å²) in [6.07, 6.45) is 0.694. The Hall–Kier alpha value is -3.99. The van der Waals surface area contributed by atoms with E-state index in [1.54, 1.807) is 7.11 Å². The molecule has 1 aromatic heterocycles. The van der Waals surface area contributed by atoms with Gasteiger partial charge in [-0.25, -0.2) is 9.97 Å². The van der Waals surface area contributed by atoms with Crippen molar-refractivity contribution in [1.29, 1.82) is 0 Å². The van der Waals surface area contributed by atoms with Crippen LogP contribution in [0.25, 0.3) is 22.6 Å². The standard InChI is InChI=1S/C27H23N3O2/c1-32-22-14-12-20(13-15-22)26-28-24-16-17-30(27(31)21-10-6-3-7-11-21)18-23(24)25(29-26)19-8-4-2-5-9-19/h2-15H,16-18H2,1H3. The first-order valence-corrected chi connectivity index (χ1v) is 10.7. The molecular formula is C27H23N3O2. The van der Waals surface area contributed by atoms with Crippen molar-refractivity contribution in [1.82, 2.24) is 14.9 Å². The van der Waals surface area contributed by atoms with Gasteiger partial charge in [0.05, 0.1) is 18.5 Å². The lowest BCUT2D eigenvalue weighted by Crippen LogP contribution is -2.37. The molecule has 2 heterocycles. The highest BCUT2D eigenvalue weighted by Crippen LogP contribution is 2.31. The molecule has 0 radical (unpaired) electrons. The van der Waals surface area contributed by atoms with E-state index in [4.69, 9.17) is 14.7 Å². The Morgan fingerprint density at radius 3 is 2.22 bits per heavy atom. The third-order valence-corrected chi connectivity index (χ3v) is 5.76. The van der Waals surface area contributed by atoms with E-state index >= 15 is 0 Å². The molecule has 0 saturated carbocycles. The molecule has 1 amide bonds. The van der Waals surface area contributed by atoms with E-state index in [-0.39, 0.29) is 5.91 Å². The summed E-state index contributed by atoms with van der Waals surface area (Å²) in [6.45, 7) is 1.13. The van der Waals surface area contributed by atoms with Crippen LogP contribution in [0, 0.1) is 0 Å². The topological polar surface area (TPSA) is 55.3 Å². The number of nitrogens with zero attached hydrogens (tertiary/aromatic N) is 3. The van der Waals surface area contributed by atoms with Crippen LogP contribution < -0.4 is 4.74 Å². The van der Waals surface area contributed by atoms with Crippen molar-refractivity contribution in [2.45, 2.75) is 13.0 Å². The largest absolute Gasteiger partial charge is 0.497 e. The van der Waals surface area contributed by atoms with Crippen LogP contribution in [0.4, 0.5) is 0 Å². The number of ether oxygens (including phenoxy) is 1. The van der Waals surface area contributed by atoms with E-state index < -0.39 is 0 Å². The molecule has 0 fully saturated rings. The summed E-state index contributed by atoms with van der Waals surface area (Å²) in [4.78, 5) is 24.8. The molecule has 0 unspecified atom stereocenters. The number of aromatic nitrogens is 2. The second kappa shape index (κ2) is 8.63. The smallest absolute Gasteiger partial charge is 0.254 e. The summed E-state index contributed by atoms with van der Waals surface area (Å²) in [6, 6.07) is 27.3. The van der Waals surface area contributed by atoms with Gasteiger partial charge < -0.3 is 9.64 Å². The van der Waals surface area contributed by atoms with Gasteiger partial charge in [-0.05, 0) is 36.4 Å². The van der Waals surface area contributed by atoms with Crippen LogP contribution in [0.1, 0.15) is 21.6 Å². The van der Waals surface area contributed by atoms with E-state index in [0.29, 0.717) is 30.9 Å². The predicted octanol–water partition coefficient (Wildman–Crippen LogP) is 5.02. The van der Waals surface area contributed by atoms with Crippen molar-refractivity contribution < 1.29 is 9.53 Å². The number of hydrogen-bond acceptors (Lipinski definition) is 4. The Morgan fingerprint density at radius 2 is 1.53 bits per heavy atom. The van der Waals surface area contributed by atoms with Gasteiger partial charge in [-0.15, -0.1) is 0 Å². The highest BCUT2D eigenvalue weighted by molar-refractivity contribution is 5.94. The van der Waals surface area contributed by atoms with E-state index in [0.717, 1.165) is 33.8 Å². The maximum atomic E-state index is 13.1. The molecule has 0 aliphatic carbocycles. The molecule has 1 aliphatic rings. The second-order valence-electron chi connectivity index (χ2n) is 7.76. The molecule has 5 rings (SSSR count). The molecule has 0 saturated heterocycles. The first-order chi connectivity index (χ1) is 15.7. The summed E-state index contributed by atoms with van der Waals surface area (Å²) in [5.41, 5.74) is 5.56. The van der Waals surface area contributed by atoms with Crippen molar-refractivity contribution in [2.75, 3.05) is 13.7 Å². The lowest BCUT2D eigenvalue weighted by atomic mass is 9.98. The number of methoxy groups -OCH3 is 1. The summed E-state index contributed by atoms with van der Waals surface area (Å²) in [5.74, 6) is 1.52. The summed E-state index contributed by atoms with van der Waals surface area (Å²) in [7, 11) is 1.65. The summed E-state index contributed by atoms with van der Waals surface area (Å²) in [5, 5.41) is 0. The fourth-order valence-corrected chi connectivity index (χ4v) is 4.05. The van der Waals surface area contributed by atoms with Crippen molar-refractivity contribution in [3.63, 3.8) is 0 Å². The van der Waals surface area contributed by atoms with E-state index in [9.17, 15) is 4.79 Å². The predicted molar refractivity (Wildman–Crippen MR) is 124 cm³/mol. The van der Waals surface area contributed by atoms with Gasteiger partial charge in [-0.3, -0.25) is 4.79 Å². The zero-order valence-electron chi connectivity index (χ0n) is 17.9. The van der Waals surface area contributed by atoms with Crippen LogP contribution in [0.3, 0.4) is 0 Å². The number of fused-ring (bicyclic) bond motifs is 1. The van der Waals surface area contributed by atoms with Gasteiger partial charge in [-0.1, -0.05) is 48.5 Å². The molecule has 1 aliphatic heterocycles. The van der Waals surface area contributed by atoms with Gasteiger partial charge in [-0.2, -0.15) is 0 Å². The molecule has 3 aromatic carbocycles. The normalized spacial score (nSPS) is 12.8. The number of carbonyl (C=O) groups is 1. The van der Waals surface area contributed by atoms with Crippen LogP contribution in [0.2, 0.25) is 0 Å². The lowest BCUT2D eigenvalue weighted by Gasteiger charge is -2.30. The molecular weight excluding hydrogens is 398 g/mol. The molecule has 158 valence electrons. The molecule has 32 heavy (non-hydrogen) atoms. The number of rotatable bonds is 4. The Kier molecular flexibility index (Phi) is 5.38. The molecule has 5 heteroatoms. The first kappa shape index (κ1) is 19.9. The van der Waals surface area contributed by atoms with Crippen molar-refractivity contribution in [3.8, 4) is 28.4 Å². The molecule has 4 aromatic rings. The van der Waals surface area contributed by atoms with Crippen LogP contribution in [0.15, 0.2) is 84.9 Å². The van der Waals surface area contributed by atoms with Crippen molar-refractivity contribution in [3.05, 3.63) is 102 Å². The number of carbonyl (C=O) groups excluding carboxylic acids is 1. The molecule has 0 spiro atoms. The summed E-state index contributed by atoms with van der Waals surface area (Å²) < 4.78 is 5.28. The highest BCUT2D eigenvalue weighted by atomic mass is 16.5. The molecule has 5 nitrogen and oxygen atoms in total. The van der Waals surface area contributed by atoms with Gasteiger partial charge in [0, 0.05) is 41.8 Å². The van der Waals surface area contributed by atoms with Crippen LogP contribution >= 0.6 is 0 Å². The van der Waals surface area contributed by atoms with Crippen molar-refractivity contribution in [2.24, 2.45) is 0 Å². The minimum Gasteiger partial charge on any atom is -0.497 e. The Bertz CT molecular complexity index is 1240. The van der Waals surface area contributed by atoms with Crippen LogP contribution in [-0.2, 0) is 13.0 Å². The summed E-state index contributed by atoms with van der Waals surface area (Å²) >= 11 is 0. The van der Waals surface area contributed by atoms with Crippen molar-refractivity contribution >= 4 is 5.91 Å². The minimum atomic E-state index is 0.0366. The maximum Gasteiger partial charge on any atom is 0.254 e. The zero-order valence-corrected chi connectivity index (χ0v) is 17.9. The maximum absolute atomic E-state index is 13.1. The molecule has 0 N–H and O–H groups in total. The average molecular weight is 422 g/mol. The van der Waals surface area contributed by atoms with Crippen LogP contribution in [0.5, 0.6) is 5.75 Å². The first-order valence-electron chi connectivity index (χ1n) is 10.7. The number of benzene rings is 3. The third kappa shape index (κ3) is 3.85. The average Bonchev–Trinajstić information content (AvgIpc) is 2.88. The molecule has 0 bridgehead atoms. The minimum absolute atomic E-state index is 0.0366. The number of hydrogen-bond donors (Lipinski definition) is 0. The monoisotopic (exact) mass is 421 g/mol. The van der Waals surface area contributed by atoms with E-state index in [2.05, 4.69) is 12.1 Å². The van der Waals surface area contributed by atoms with Gasteiger partial charge in [0.15, 0.2) is 5.82 Å². The van der Waals surface area contributed by atoms with Gasteiger partial charge in [0.1, 0.15) is 5.75 Å². The third-order valence-electron chi connectivity index (χ3n) is 5.76. The fourth-order valence-electron chi connectivity index (χ4n) is 4.05. The number of amides is 1. The van der Waals surface area contributed by atoms with Gasteiger partial charge >= 0.3 is 0 Å². The quantitative estimate of drug-likeness (QED) is 0.464.